The quantitative estimate of drug-likeness (QED) is 0.751. The number of benzene rings is 1. The molecule has 1 unspecified atom stereocenters. The second kappa shape index (κ2) is 6.16. The molecule has 0 amide bonds. The normalized spacial score (nSPS) is 12.7. The van der Waals surface area contributed by atoms with Crippen molar-refractivity contribution in [3.63, 3.8) is 0 Å². The number of hydrogen-bond donors (Lipinski definition) is 1. The maximum absolute atomic E-state index is 4.29. The molecule has 2 heterocycles. The Morgan fingerprint density at radius 1 is 1.20 bits per heavy atom. The molecule has 1 N–H and O–H groups in total. The minimum absolute atomic E-state index is 0.253. The third-order valence-corrected chi connectivity index (χ3v) is 4.39. The average molecular weight is 282 g/mol. The predicted molar refractivity (Wildman–Crippen MR) is 86.2 cm³/mol. The van der Waals surface area contributed by atoms with Crippen LogP contribution in [0, 0.1) is 0 Å². The maximum atomic E-state index is 4.29. The SMILES string of the molecule is CCCNC(c1cccs1)c1cccc2ccncc12. The summed E-state index contributed by atoms with van der Waals surface area (Å²) in [4.78, 5) is 5.65. The van der Waals surface area contributed by atoms with Gasteiger partial charge in [0.05, 0.1) is 6.04 Å². The van der Waals surface area contributed by atoms with E-state index in [4.69, 9.17) is 0 Å². The molecule has 0 aliphatic rings. The fourth-order valence-corrected chi connectivity index (χ4v) is 3.31. The molecule has 1 aromatic carbocycles. The van der Waals surface area contributed by atoms with Gasteiger partial charge in [0.15, 0.2) is 0 Å². The Labute approximate surface area is 123 Å². The number of pyridine rings is 1. The zero-order chi connectivity index (χ0) is 13.8. The Balaban J connectivity index is 2.09. The summed E-state index contributed by atoms with van der Waals surface area (Å²) in [5.74, 6) is 0. The van der Waals surface area contributed by atoms with Crippen molar-refractivity contribution < 1.29 is 0 Å². The standard InChI is InChI=1S/C17H18N2S/c1-2-9-19-17(16-7-4-11-20-16)14-6-3-5-13-8-10-18-12-15(13)14/h3-8,10-12,17,19H,2,9H2,1H3. The molecule has 0 aliphatic heterocycles. The van der Waals surface area contributed by atoms with Crippen LogP contribution in [0.2, 0.25) is 0 Å². The Morgan fingerprint density at radius 2 is 2.15 bits per heavy atom. The van der Waals surface area contributed by atoms with Gasteiger partial charge in [0.2, 0.25) is 0 Å². The van der Waals surface area contributed by atoms with Gasteiger partial charge in [-0.15, -0.1) is 11.3 Å². The van der Waals surface area contributed by atoms with Crippen LogP contribution < -0.4 is 5.32 Å². The number of thiophene rings is 1. The smallest absolute Gasteiger partial charge is 0.0677 e. The predicted octanol–water partition coefficient (Wildman–Crippen LogP) is 4.39. The highest BCUT2D eigenvalue weighted by atomic mass is 32.1. The van der Waals surface area contributed by atoms with E-state index in [0.29, 0.717) is 0 Å². The number of aromatic nitrogens is 1. The fourth-order valence-electron chi connectivity index (χ4n) is 2.50. The lowest BCUT2D eigenvalue weighted by Gasteiger charge is -2.19. The molecule has 0 spiro atoms. The number of nitrogens with one attached hydrogen (secondary N) is 1. The van der Waals surface area contributed by atoms with Gasteiger partial charge in [0.25, 0.3) is 0 Å². The first-order chi connectivity index (χ1) is 9.90. The van der Waals surface area contributed by atoms with Crippen LogP contribution in [0.25, 0.3) is 10.8 Å². The molecule has 0 saturated heterocycles. The van der Waals surface area contributed by atoms with Crippen molar-refractivity contribution in [2.45, 2.75) is 19.4 Å². The van der Waals surface area contributed by atoms with Crippen LogP contribution in [0.15, 0.2) is 54.2 Å². The minimum atomic E-state index is 0.253. The Bertz CT molecular complexity index is 671. The van der Waals surface area contributed by atoms with Crippen molar-refractivity contribution in [2.75, 3.05) is 6.54 Å². The highest BCUT2D eigenvalue weighted by Gasteiger charge is 2.16. The Morgan fingerprint density at radius 3 is 2.95 bits per heavy atom. The number of fused-ring (bicyclic) bond motifs is 1. The van der Waals surface area contributed by atoms with Gasteiger partial charge in [-0.2, -0.15) is 0 Å². The van der Waals surface area contributed by atoms with Crippen molar-refractivity contribution in [3.8, 4) is 0 Å². The van der Waals surface area contributed by atoms with Crippen molar-refractivity contribution in [1.29, 1.82) is 0 Å². The second-order valence-electron chi connectivity index (χ2n) is 4.85. The van der Waals surface area contributed by atoms with E-state index in [1.807, 2.05) is 12.4 Å². The van der Waals surface area contributed by atoms with Gasteiger partial charge < -0.3 is 5.32 Å². The molecule has 1 atom stereocenters. The fraction of sp³-hybridized carbons (Fsp3) is 0.235. The summed E-state index contributed by atoms with van der Waals surface area (Å²) in [5, 5.41) is 8.28. The lowest BCUT2D eigenvalue weighted by molar-refractivity contribution is 0.609. The third-order valence-electron chi connectivity index (χ3n) is 3.45. The summed E-state index contributed by atoms with van der Waals surface area (Å²) >= 11 is 1.80. The van der Waals surface area contributed by atoms with E-state index in [1.54, 1.807) is 11.3 Å². The first-order valence-corrected chi connectivity index (χ1v) is 7.87. The van der Waals surface area contributed by atoms with E-state index in [1.165, 1.54) is 21.2 Å². The highest BCUT2D eigenvalue weighted by molar-refractivity contribution is 7.10. The molecule has 2 nitrogen and oxygen atoms in total. The largest absolute Gasteiger partial charge is 0.306 e. The van der Waals surface area contributed by atoms with Gasteiger partial charge in [-0.3, -0.25) is 4.98 Å². The topological polar surface area (TPSA) is 24.9 Å². The molecule has 3 heteroatoms. The van der Waals surface area contributed by atoms with Crippen molar-refractivity contribution in [1.82, 2.24) is 10.3 Å². The Kier molecular flexibility index (Phi) is 4.09. The molecule has 3 rings (SSSR count). The van der Waals surface area contributed by atoms with Crippen LogP contribution in [0.5, 0.6) is 0 Å². The van der Waals surface area contributed by atoms with Crippen molar-refractivity contribution in [2.24, 2.45) is 0 Å². The number of nitrogens with zero attached hydrogens (tertiary/aromatic N) is 1. The van der Waals surface area contributed by atoms with Gasteiger partial charge >= 0.3 is 0 Å². The second-order valence-corrected chi connectivity index (χ2v) is 5.83. The molecule has 0 saturated carbocycles. The van der Waals surface area contributed by atoms with Gasteiger partial charge in [-0.25, -0.2) is 0 Å². The van der Waals surface area contributed by atoms with E-state index >= 15 is 0 Å². The molecule has 0 radical (unpaired) electrons. The highest BCUT2D eigenvalue weighted by Crippen LogP contribution is 2.30. The van der Waals surface area contributed by atoms with Crippen molar-refractivity contribution >= 4 is 22.1 Å². The summed E-state index contributed by atoms with van der Waals surface area (Å²) < 4.78 is 0. The molecule has 3 aromatic rings. The van der Waals surface area contributed by atoms with E-state index < -0.39 is 0 Å². The molecule has 2 aromatic heterocycles. The van der Waals surface area contributed by atoms with E-state index in [0.717, 1.165) is 13.0 Å². The van der Waals surface area contributed by atoms with Crippen molar-refractivity contribution in [3.05, 3.63) is 64.6 Å². The van der Waals surface area contributed by atoms with Gasteiger partial charge in [-0.05, 0) is 41.4 Å². The molecule has 102 valence electrons. The van der Waals surface area contributed by atoms with Crippen LogP contribution >= 0.6 is 11.3 Å². The monoisotopic (exact) mass is 282 g/mol. The molecular weight excluding hydrogens is 264 g/mol. The number of hydrogen-bond acceptors (Lipinski definition) is 3. The van der Waals surface area contributed by atoms with E-state index in [9.17, 15) is 0 Å². The zero-order valence-electron chi connectivity index (χ0n) is 11.5. The molecule has 0 aliphatic carbocycles. The van der Waals surface area contributed by atoms with Gasteiger partial charge in [0, 0.05) is 22.7 Å². The number of rotatable bonds is 5. The van der Waals surface area contributed by atoms with Crippen LogP contribution in [-0.2, 0) is 0 Å². The van der Waals surface area contributed by atoms with Gasteiger partial charge in [0.1, 0.15) is 0 Å². The summed E-state index contributed by atoms with van der Waals surface area (Å²) in [7, 11) is 0. The molecule has 0 fully saturated rings. The van der Waals surface area contributed by atoms with Crippen LogP contribution in [-0.4, -0.2) is 11.5 Å². The zero-order valence-corrected chi connectivity index (χ0v) is 12.4. The first kappa shape index (κ1) is 13.3. The summed E-state index contributed by atoms with van der Waals surface area (Å²) in [6.07, 6.45) is 4.95. The third kappa shape index (κ3) is 2.60. The summed E-state index contributed by atoms with van der Waals surface area (Å²) in [6.45, 7) is 3.21. The van der Waals surface area contributed by atoms with Gasteiger partial charge in [-0.1, -0.05) is 31.2 Å². The summed E-state index contributed by atoms with van der Waals surface area (Å²) in [5.41, 5.74) is 1.31. The lowest BCUT2D eigenvalue weighted by Crippen LogP contribution is -2.22. The van der Waals surface area contributed by atoms with Crippen LogP contribution in [0.4, 0.5) is 0 Å². The molecule has 20 heavy (non-hydrogen) atoms. The lowest BCUT2D eigenvalue weighted by atomic mass is 9.99. The molecular formula is C17H18N2S. The van der Waals surface area contributed by atoms with E-state index in [-0.39, 0.29) is 6.04 Å². The maximum Gasteiger partial charge on any atom is 0.0677 e. The average Bonchev–Trinajstić information content (AvgIpc) is 3.02. The summed E-state index contributed by atoms with van der Waals surface area (Å²) in [6, 6.07) is 13.1. The Hall–Kier alpha value is -1.71. The molecule has 0 bridgehead atoms. The van der Waals surface area contributed by atoms with Crippen LogP contribution in [0.3, 0.4) is 0 Å². The first-order valence-electron chi connectivity index (χ1n) is 6.99. The van der Waals surface area contributed by atoms with E-state index in [2.05, 4.69) is 59.0 Å². The van der Waals surface area contributed by atoms with Crippen LogP contribution in [0.1, 0.15) is 29.8 Å². The minimum Gasteiger partial charge on any atom is -0.306 e.